The molecular formula is C23H28N4O2. The van der Waals surface area contributed by atoms with Crippen LogP contribution in [0.4, 0.5) is 0 Å². The second-order valence-corrected chi connectivity index (χ2v) is 8.81. The maximum absolute atomic E-state index is 12.8. The Morgan fingerprint density at radius 2 is 1.93 bits per heavy atom. The molecule has 0 aliphatic carbocycles. The molecule has 0 bridgehead atoms. The predicted octanol–water partition coefficient (Wildman–Crippen LogP) is 3.96. The van der Waals surface area contributed by atoms with Gasteiger partial charge in [-0.15, -0.1) is 5.10 Å². The van der Waals surface area contributed by atoms with E-state index >= 15 is 0 Å². The highest BCUT2D eigenvalue weighted by atomic mass is 16.5. The van der Waals surface area contributed by atoms with Crippen LogP contribution in [0.1, 0.15) is 49.7 Å². The fraction of sp³-hybridized carbons (Fsp3) is 0.435. The molecule has 1 amide bonds. The molecule has 0 atom stereocenters. The average molecular weight is 393 g/mol. The molecule has 1 fully saturated rings. The Balaban J connectivity index is 1.28. The Hall–Kier alpha value is -2.89. The van der Waals surface area contributed by atoms with Crippen molar-refractivity contribution in [1.82, 2.24) is 19.5 Å². The Kier molecular flexibility index (Phi) is 5.26. The average Bonchev–Trinajstić information content (AvgIpc) is 3.16. The highest BCUT2D eigenvalue weighted by Crippen LogP contribution is 2.23. The van der Waals surface area contributed by atoms with Crippen molar-refractivity contribution >= 4 is 11.4 Å². The molecule has 6 nitrogen and oxygen atoms in total. The van der Waals surface area contributed by atoms with Crippen LogP contribution in [0.5, 0.6) is 5.88 Å². The normalized spacial score (nSPS) is 15.6. The number of fused-ring (bicyclic) bond motifs is 1. The van der Waals surface area contributed by atoms with Gasteiger partial charge in [-0.1, -0.05) is 26.8 Å². The zero-order valence-corrected chi connectivity index (χ0v) is 17.3. The van der Waals surface area contributed by atoms with Crippen LogP contribution in [0, 0.1) is 5.92 Å². The second-order valence-electron chi connectivity index (χ2n) is 8.81. The number of pyridine rings is 1. The van der Waals surface area contributed by atoms with Gasteiger partial charge in [0.1, 0.15) is 0 Å². The maximum atomic E-state index is 12.8. The van der Waals surface area contributed by atoms with Crippen molar-refractivity contribution in [3.8, 4) is 5.88 Å². The fourth-order valence-electron chi connectivity index (χ4n) is 3.66. The Bertz CT molecular complexity index is 947. The van der Waals surface area contributed by atoms with Gasteiger partial charge in [0.15, 0.2) is 0 Å². The van der Waals surface area contributed by atoms with Crippen LogP contribution < -0.4 is 4.74 Å². The second kappa shape index (κ2) is 7.85. The summed E-state index contributed by atoms with van der Waals surface area (Å²) in [6, 6.07) is 11.8. The molecule has 0 spiro atoms. The molecule has 0 unspecified atom stereocenters. The molecule has 3 aromatic rings. The van der Waals surface area contributed by atoms with Gasteiger partial charge < -0.3 is 14.0 Å². The number of amides is 1. The van der Waals surface area contributed by atoms with Crippen LogP contribution in [0.2, 0.25) is 0 Å². The summed E-state index contributed by atoms with van der Waals surface area (Å²) in [4.78, 5) is 14.8. The smallest absolute Gasteiger partial charge is 0.255 e. The lowest BCUT2D eigenvalue weighted by Crippen LogP contribution is -2.39. The molecule has 1 aliphatic heterocycles. The summed E-state index contributed by atoms with van der Waals surface area (Å²) in [5.74, 6) is 1.10. The van der Waals surface area contributed by atoms with E-state index < -0.39 is 0 Å². The minimum atomic E-state index is -0.0169. The Labute approximate surface area is 171 Å². The van der Waals surface area contributed by atoms with Gasteiger partial charge >= 0.3 is 0 Å². The van der Waals surface area contributed by atoms with Crippen molar-refractivity contribution in [1.29, 1.82) is 0 Å². The zero-order chi connectivity index (χ0) is 20.4. The number of nitrogens with zero attached hydrogens (tertiary/aromatic N) is 4. The van der Waals surface area contributed by atoms with Crippen molar-refractivity contribution in [2.24, 2.45) is 5.92 Å². The quantitative estimate of drug-likeness (QED) is 0.674. The van der Waals surface area contributed by atoms with Crippen LogP contribution in [0.3, 0.4) is 0 Å². The molecule has 29 heavy (non-hydrogen) atoms. The molecule has 6 heteroatoms. The van der Waals surface area contributed by atoms with E-state index in [0.29, 0.717) is 18.4 Å². The van der Waals surface area contributed by atoms with Crippen molar-refractivity contribution in [2.75, 3.05) is 19.7 Å². The van der Waals surface area contributed by atoms with Gasteiger partial charge in [0.2, 0.25) is 5.88 Å². The molecule has 1 aliphatic rings. The SMILES string of the molecule is CC(C)(C)c1ccc(OCC2CCN(C(=O)c3cc4ccccn4c3)CC2)nn1. The topological polar surface area (TPSA) is 59.7 Å². The third-order valence-corrected chi connectivity index (χ3v) is 5.53. The van der Waals surface area contributed by atoms with E-state index in [1.165, 1.54) is 0 Å². The third-order valence-electron chi connectivity index (χ3n) is 5.53. The third kappa shape index (κ3) is 4.42. The molecule has 4 heterocycles. The summed E-state index contributed by atoms with van der Waals surface area (Å²) in [7, 11) is 0. The van der Waals surface area contributed by atoms with Crippen molar-refractivity contribution in [3.05, 3.63) is 60.0 Å². The molecular weight excluding hydrogens is 364 g/mol. The number of hydrogen-bond donors (Lipinski definition) is 0. The molecule has 0 N–H and O–H groups in total. The van der Waals surface area contributed by atoms with Gasteiger partial charge in [0.25, 0.3) is 5.91 Å². The number of hydrogen-bond acceptors (Lipinski definition) is 4. The van der Waals surface area contributed by atoms with Crippen LogP contribution in [0.25, 0.3) is 5.52 Å². The van der Waals surface area contributed by atoms with Crippen LogP contribution in [0.15, 0.2) is 48.8 Å². The minimum Gasteiger partial charge on any atom is -0.476 e. The van der Waals surface area contributed by atoms with Crippen LogP contribution >= 0.6 is 0 Å². The standard InChI is InChI=1S/C23H28N4O2/c1-23(2,3)20-7-8-21(25-24-20)29-16-17-9-12-26(13-10-17)22(28)18-14-19-6-4-5-11-27(19)15-18/h4-8,11,14-15,17H,9-10,12-13,16H2,1-3H3. The van der Waals surface area contributed by atoms with E-state index in [9.17, 15) is 4.79 Å². The zero-order valence-electron chi connectivity index (χ0n) is 17.3. The lowest BCUT2D eigenvalue weighted by Gasteiger charge is -2.31. The van der Waals surface area contributed by atoms with E-state index in [2.05, 4.69) is 31.0 Å². The van der Waals surface area contributed by atoms with E-state index in [0.717, 1.165) is 42.7 Å². The Morgan fingerprint density at radius 1 is 1.14 bits per heavy atom. The van der Waals surface area contributed by atoms with E-state index in [-0.39, 0.29) is 11.3 Å². The largest absolute Gasteiger partial charge is 0.476 e. The van der Waals surface area contributed by atoms with Crippen molar-refractivity contribution in [2.45, 2.75) is 39.0 Å². The van der Waals surface area contributed by atoms with Gasteiger partial charge in [-0.3, -0.25) is 4.79 Å². The first-order valence-corrected chi connectivity index (χ1v) is 10.2. The number of likely N-dealkylation sites (tertiary alicyclic amines) is 1. The van der Waals surface area contributed by atoms with Gasteiger partial charge in [0.05, 0.1) is 17.9 Å². The Morgan fingerprint density at radius 3 is 2.59 bits per heavy atom. The summed E-state index contributed by atoms with van der Waals surface area (Å²) in [5.41, 5.74) is 2.73. The molecule has 152 valence electrons. The summed E-state index contributed by atoms with van der Waals surface area (Å²) >= 11 is 0. The predicted molar refractivity (Wildman–Crippen MR) is 112 cm³/mol. The van der Waals surface area contributed by atoms with Crippen LogP contribution in [-0.4, -0.2) is 45.1 Å². The first-order chi connectivity index (χ1) is 13.9. The van der Waals surface area contributed by atoms with Crippen LogP contribution in [-0.2, 0) is 5.41 Å². The van der Waals surface area contributed by atoms with Gasteiger partial charge in [-0.25, -0.2) is 0 Å². The summed E-state index contributed by atoms with van der Waals surface area (Å²) in [5, 5.41) is 8.46. The molecule has 4 rings (SSSR count). The molecule has 0 aromatic carbocycles. The molecule has 0 radical (unpaired) electrons. The van der Waals surface area contributed by atoms with Gasteiger partial charge in [-0.05, 0) is 43.0 Å². The fourth-order valence-corrected chi connectivity index (χ4v) is 3.66. The molecule has 3 aromatic heterocycles. The van der Waals surface area contributed by atoms with E-state index in [1.807, 2.05) is 58.1 Å². The lowest BCUT2D eigenvalue weighted by molar-refractivity contribution is 0.0659. The number of carbonyl (C=O) groups is 1. The van der Waals surface area contributed by atoms with Gasteiger partial charge in [0, 0.05) is 42.5 Å². The number of carbonyl (C=O) groups excluding carboxylic acids is 1. The van der Waals surface area contributed by atoms with Crippen molar-refractivity contribution in [3.63, 3.8) is 0 Å². The number of aromatic nitrogens is 3. The molecule has 0 saturated carbocycles. The highest BCUT2D eigenvalue weighted by Gasteiger charge is 2.25. The number of piperidine rings is 1. The lowest BCUT2D eigenvalue weighted by atomic mass is 9.92. The first-order valence-electron chi connectivity index (χ1n) is 10.2. The first kappa shape index (κ1) is 19.4. The summed E-state index contributed by atoms with van der Waals surface area (Å²) in [6.07, 6.45) is 5.75. The van der Waals surface area contributed by atoms with E-state index in [4.69, 9.17) is 4.74 Å². The van der Waals surface area contributed by atoms with Gasteiger partial charge in [-0.2, -0.15) is 5.10 Å². The summed E-state index contributed by atoms with van der Waals surface area (Å²) in [6.45, 7) is 8.47. The van der Waals surface area contributed by atoms with Crippen molar-refractivity contribution < 1.29 is 9.53 Å². The monoisotopic (exact) mass is 392 g/mol. The number of rotatable bonds is 4. The van der Waals surface area contributed by atoms with E-state index in [1.54, 1.807) is 0 Å². The highest BCUT2D eigenvalue weighted by molar-refractivity contribution is 5.95. The number of ether oxygens (including phenoxy) is 1. The summed E-state index contributed by atoms with van der Waals surface area (Å²) < 4.78 is 7.84. The molecule has 1 saturated heterocycles. The maximum Gasteiger partial charge on any atom is 0.255 e. The minimum absolute atomic E-state index is 0.0169.